The Bertz CT molecular complexity index is 732. The second kappa shape index (κ2) is 7.89. The van der Waals surface area contributed by atoms with Gasteiger partial charge >= 0.3 is 0 Å². The van der Waals surface area contributed by atoms with Crippen LogP contribution in [0.4, 0.5) is 5.69 Å². The molecule has 1 saturated carbocycles. The Morgan fingerprint density at radius 3 is 2.52 bits per heavy atom. The van der Waals surface area contributed by atoms with Gasteiger partial charge in [-0.1, -0.05) is 41.9 Å². The van der Waals surface area contributed by atoms with Crippen LogP contribution in [0.2, 0.25) is 5.02 Å². The Morgan fingerprint density at radius 1 is 1.20 bits per heavy atom. The van der Waals surface area contributed by atoms with E-state index in [-0.39, 0.29) is 18.0 Å². The molecule has 2 aromatic rings. The SMILES string of the molecule is COc1ccc(NC(=O)[C@@H](C)N[C@@H](c2ccccc2)C2CC2)cc1Cl. The van der Waals surface area contributed by atoms with Crippen LogP contribution in [0.5, 0.6) is 5.75 Å². The van der Waals surface area contributed by atoms with Crippen LogP contribution in [-0.4, -0.2) is 19.1 Å². The lowest BCUT2D eigenvalue weighted by Gasteiger charge is -2.23. The molecular weight excluding hydrogens is 336 g/mol. The van der Waals surface area contributed by atoms with Crippen LogP contribution in [0.1, 0.15) is 31.4 Å². The lowest BCUT2D eigenvalue weighted by Crippen LogP contribution is -2.40. The molecule has 0 spiro atoms. The van der Waals surface area contributed by atoms with Gasteiger partial charge in [0.15, 0.2) is 0 Å². The van der Waals surface area contributed by atoms with Crippen LogP contribution in [0, 0.1) is 5.92 Å². The van der Waals surface area contributed by atoms with E-state index >= 15 is 0 Å². The zero-order valence-corrected chi connectivity index (χ0v) is 15.2. The van der Waals surface area contributed by atoms with Crippen LogP contribution in [0.3, 0.4) is 0 Å². The van der Waals surface area contributed by atoms with Crippen molar-refractivity contribution in [3.8, 4) is 5.75 Å². The first-order valence-electron chi connectivity index (χ1n) is 8.54. The predicted molar refractivity (Wildman–Crippen MR) is 101 cm³/mol. The summed E-state index contributed by atoms with van der Waals surface area (Å²) in [6.07, 6.45) is 2.41. The first-order chi connectivity index (χ1) is 12.1. The summed E-state index contributed by atoms with van der Waals surface area (Å²) in [5.74, 6) is 1.11. The molecule has 5 heteroatoms. The third kappa shape index (κ3) is 4.53. The molecule has 0 aromatic heterocycles. The number of anilines is 1. The van der Waals surface area contributed by atoms with E-state index in [9.17, 15) is 4.79 Å². The summed E-state index contributed by atoms with van der Waals surface area (Å²) in [5.41, 5.74) is 1.89. The average Bonchev–Trinajstić information content (AvgIpc) is 3.45. The maximum atomic E-state index is 12.5. The topological polar surface area (TPSA) is 50.4 Å². The molecule has 2 aromatic carbocycles. The van der Waals surface area contributed by atoms with Gasteiger partial charge in [-0.3, -0.25) is 10.1 Å². The number of amides is 1. The predicted octanol–water partition coefficient (Wildman–Crippen LogP) is 4.42. The zero-order valence-electron chi connectivity index (χ0n) is 14.5. The quantitative estimate of drug-likeness (QED) is 0.770. The fourth-order valence-electron chi connectivity index (χ4n) is 2.93. The van der Waals surface area contributed by atoms with Crippen molar-refractivity contribution in [1.82, 2.24) is 5.32 Å². The van der Waals surface area contributed by atoms with Crippen molar-refractivity contribution in [2.45, 2.75) is 31.8 Å². The number of carbonyl (C=O) groups is 1. The minimum Gasteiger partial charge on any atom is -0.495 e. The maximum Gasteiger partial charge on any atom is 0.241 e. The first kappa shape index (κ1) is 17.8. The minimum atomic E-state index is -0.313. The van der Waals surface area contributed by atoms with Gasteiger partial charge in [-0.05, 0) is 49.4 Å². The molecule has 2 N–H and O–H groups in total. The Balaban J connectivity index is 1.64. The van der Waals surface area contributed by atoms with Gasteiger partial charge in [-0.15, -0.1) is 0 Å². The molecule has 0 saturated heterocycles. The monoisotopic (exact) mass is 358 g/mol. The molecule has 0 heterocycles. The van der Waals surface area contributed by atoms with Crippen molar-refractivity contribution >= 4 is 23.2 Å². The molecule has 0 radical (unpaired) electrons. The maximum absolute atomic E-state index is 12.5. The van der Waals surface area contributed by atoms with E-state index < -0.39 is 0 Å². The fraction of sp³-hybridized carbons (Fsp3) is 0.350. The highest BCUT2D eigenvalue weighted by Crippen LogP contribution is 2.41. The van der Waals surface area contributed by atoms with Crippen molar-refractivity contribution in [2.24, 2.45) is 5.92 Å². The largest absolute Gasteiger partial charge is 0.495 e. The number of hydrogen-bond acceptors (Lipinski definition) is 3. The van der Waals surface area contributed by atoms with Gasteiger partial charge in [0, 0.05) is 11.7 Å². The number of nitrogens with one attached hydrogen (secondary N) is 2. The molecule has 0 unspecified atom stereocenters. The van der Waals surface area contributed by atoms with Crippen molar-refractivity contribution < 1.29 is 9.53 Å². The number of benzene rings is 2. The standard InChI is InChI=1S/C20H23ClN2O2/c1-13(20(24)23-16-10-11-18(25-2)17(21)12-16)22-19(15-8-9-15)14-6-4-3-5-7-14/h3-7,10-13,15,19,22H,8-9H2,1-2H3,(H,23,24)/t13-,19+/m1/s1. The van der Waals surface area contributed by atoms with E-state index in [2.05, 4.69) is 22.8 Å². The van der Waals surface area contributed by atoms with Crippen molar-refractivity contribution in [2.75, 3.05) is 12.4 Å². The first-order valence-corrected chi connectivity index (χ1v) is 8.91. The second-order valence-corrected chi connectivity index (χ2v) is 6.86. The summed E-state index contributed by atoms with van der Waals surface area (Å²) < 4.78 is 5.13. The average molecular weight is 359 g/mol. The number of hydrogen-bond donors (Lipinski definition) is 2. The van der Waals surface area contributed by atoms with Crippen molar-refractivity contribution in [3.63, 3.8) is 0 Å². The van der Waals surface area contributed by atoms with Gasteiger partial charge in [0.1, 0.15) is 5.75 Å². The van der Waals surface area contributed by atoms with Crippen molar-refractivity contribution in [3.05, 3.63) is 59.1 Å². The molecule has 1 aliphatic carbocycles. The third-order valence-electron chi connectivity index (χ3n) is 4.49. The van der Waals surface area contributed by atoms with E-state index in [1.807, 2.05) is 25.1 Å². The summed E-state index contributed by atoms with van der Waals surface area (Å²) in [6.45, 7) is 1.89. The van der Waals surface area contributed by atoms with Gasteiger partial charge < -0.3 is 10.1 Å². The molecule has 2 atom stereocenters. The highest BCUT2D eigenvalue weighted by atomic mass is 35.5. The van der Waals surface area contributed by atoms with Gasteiger partial charge in [-0.2, -0.15) is 0 Å². The summed E-state index contributed by atoms with van der Waals surface area (Å²) in [6, 6.07) is 15.4. The van der Waals surface area contributed by atoms with E-state index in [0.29, 0.717) is 22.4 Å². The molecule has 1 fully saturated rings. The highest BCUT2D eigenvalue weighted by Gasteiger charge is 2.33. The Hall–Kier alpha value is -2.04. The molecule has 25 heavy (non-hydrogen) atoms. The Kier molecular flexibility index (Phi) is 5.61. The number of ether oxygens (including phenoxy) is 1. The number of carbonyl (C=O) groups excluding carboxylic acids is 1. The van der Waals surface area contributed by atoms with Gasteiger partial charge in [0.2, 0.25) is 5.91 Å². The number of methoxy groups -OCH3 is 1. The van der Waals surface area contributed by atoms with Gasteiger partial charge in [0.05, 0.1) is 18.2 Å². The van der Waals surface area contributed by atoms with Gasteiger partial charge in [0.25, 0.3) is 0 Å². The van der Waals surface area contributed by atoms with E-state index in [4.69, 9.17) is 16.3 Å². The van der Waals surface area contributed by atoms with Crippen molar-refractivity contribution in [1.29, 1.82) is 0 Å². The lowest BCUT2D eigenvalue weighted by molar-refractivity contribution is -0.118. The van der Waals surface area contributed by atoms with E-state index in [1.165, 1.54) is 18.4 Å². The van der Waals surface area contributed by atoms with Crippen LogP contribution in [0.15, 0.2) is 48.5 Å². The molecule has 0 aliphatic heterocycles. The van der Waals surface area contributed by atoms with E-state index in [1.54, 1.807) is 25.3 Å². The summed E-state index contributed by atoms with van der Waals surface area (Å²) in [5, 5.41) is 6.86. The third-order valence-corrected chi connectivity index (χ3v) is 4.79. The summed E-state index contributed by atoms with van der Waals surface area (Å²) in [7, 11) is 1.56. The zero-order chi connectivity index (χ0) is 17.8. The molecule has 1 amide bonds. The second-order valence-electron chi connectivity index (χ2n) is 6.45. The summed E-state index contributed by atoms with van der Waals surface area (Å²) >= 11 is 6.11. The number of halogens is 1. The van der Waals surface area contributed by atoms with Crippen LogP contribution in [0.25, 0.3) is 0 Å². The Labute approximate surface area is 153 Å². The molecular formula is C20H23ClN2O2. The normalized spacial score (nSPS) is 16.1. The molecule has 3 rings (SSSR count). The van der Waals surface area contributed by atoms with Crippen LogP contribution >= 0.6 is 11.6 Å². The molecule has 0 bridgehead atoms. The number of rotatable bonds is 7. The minimum absolute atomic E-state index is 0.0807. The molecule has 132 valence electrons. The van der Waals surface area contributed by atoms with E-state index in [0.717, 1.165) is 0 Å². The lowest BCUT2D eigenvalue weighted by atomic mass is 10.0. The van der Waals surface area contributed by atoms with Crippen LogP contribution < -0.4 is 15.4 Å². The molecule has 1 aliphatic rings. The fourth-order valence-corrected chi connectivity index (χ4v) is 3.19. The van der Waals surface area contributed by atoms with Crippen LogP contribution in [-0.2, 0) is 4.79 Å². The van der Waals surface area contributed by atoms with Gasteiger partial charge in [-0.25, -0.2) is 0 Å². The smallest absolute Gasteiger partial charge is 0.241 e. The highest BCUT2D eigenvalue weighted by molar-refractivity contribution is 6.32. The summed E-state index contributed by atoms with van der Waals surface area (Å²) in [4.78, 5) is 12.5. The molecule has 4 nitrogen and oxygen atoms in total. The Morgan fingerprint density at radius 2 is 1.92 bits per heavy atom.